The van der Waals surface area contributed by atoms with Gasteiger partial charge in [0.25, 0.3) is 0 Å². The molecule has 0 aliphatic rings. The number of rotatable bonds is 6. The molecule has 0 saturated heterocycles. The van der Waals surface area contributed by atoms with Gasteiger partial charge in [-0.1, -0.05) is 18.2 Å². The molecule has 5 heteroatoms. The summed E-state index contributed by atoms with van der Waals surface area (Å²) in [5.41, 5.74) is 3.81. The highest BCUT2D eigenvalue weighted by atomic mass is 16.5. The molecule has 0 saturated carbocycles. The number of benzene rings is 2. The lowest BCUT2D eigenvalue weighted by Gasteiger charge is -2.11. The van der Waals surface area contributed by atoms with Crippen LogP contribution in [0.15, 0.2) is 72.9 Å². The first-order valence-corrected chi connectivity index (χ1v) is 8.99. The highest BCUT2D eigenvalue weighted by Gasteiger charge is 2.14. The van der Waals surface area contributed by atoms with E-state index in [0.717, 1.165) is 40.3 Å². The summed E-state index contributed by atoms with van der Waals surface area (Å²) in [6.07, 6.45) is 1.80. The Labute approximate surface area is 158 Å². The van der Waals surface area contributed by atoms with Crippen LogP contribution in [0.5, 0.6) is 5.75 Å². The zero-order chi connectivity index (χ0) is 18.6. The summed E-state index contributed by atoms with van der Waals surface area (Å²) in [6, 6.07) is 22.2. The maximum absolute atomic E-state index is 5.79. The van der Waals surface area contributed by atoms with Gasteiger partial charge in [0, 0.05) is 23.7 Å². The molecule has 0 atom stereocenters. The summed E-state index contributed by atoms with van der Waals surface area (Å²) < 4.78 is 7.69. The molecule has 2 aromatic carbocycles. The van der Waals surface area contributed by atoms with E-state index in [2.05, 4.69) is 28.1 Å². The van der Waals surface area contributed by atoms with Crippen molar-refractivity contribution in [2.75, 3.05) is 27.2 Å². The Morgan fingerprint density at radius 3 is 2.44 bits per heavy atom. The molecule has 0 amide bonds. The zero-order valence-corrected chi connectivity index (χ0v) is 15.5. The third-order valence-electron chi connectivity index (χ3n) is 4.38. The molecule has 0 bridgehead atoms. The monoisotopic (exact) mass is 358 g/mol. The molecular weight excluding hydrogens is 336 g/mol. The van der Waals surface area contributed by atoms with Crippen molar-refractivity contribution in [1.29, 1.82) is 0 Å². The zero-order valence-electron chi connectivity index (χ0n) is 15.5. The van der Waals surface area contributed by atoms with E-state index in [4.69, 9.17) is 9.84 Å². The van der Waals surface area contributed by atoms with Crippen LogP contribution < -0.4 is 4.74 Å². The first kappa shape index (κ1) is 17.2. The third kappa shape index (κ3) is 3.68. The van der Waals surface area contributed by atoms with E-state index < -0.39 is 0 Å². The molecule has 0 aliphatic carbocycles. The van der Waals surface area contributed by atoms with E-state index in [1.807, 2.05) is 67.3 Å². The lowest BCUT2D eigenvalue weighted by Crippen LogP contribution is -2.19. The normalized spacial score (nSPS) is 11.2. The second kappa shape index (κ2) is 7.60. The van der Waals surface area contributed by atoms with Gasteiger partial charge in [0.15, 0.2) is 5.65 Å². The van der Waals surface area contributed by atoms with Gasteiger partial charge in [0.1, 0.15) is 18.1 Å². The SMILES string of the molecule is CN(C)CCOc1ccc(-c2nn(-c3ccccc3)c3ncccc23)cc1. The Morgan fingerprint density at radius 2 is 1.70 bits per heavy atom. The number of aromatic nitrogens is 3. The molecule has 0 fully saturated rings. The maximum Gasteiger partial charge on any atom is 0.163 e. The molecule has 2 aromatic heterocycles. The standard InChI is InChI=1S/C22H22N4O/c1-25(2)15-16-27-19-12-10-17(11-13-19)21-20-9-6-14-23-22(20)26(24-21)18-7-4-3-5-8-18/h3-14H,15-16H2,1-2H3. The Morgan fingerprint density at radius 1 is 0.926 bits per heavy atom. The molecule has 0 unspecified atom stereocenters. The largest absolute Gasteiger partial charge is 0.492 e. The van der Waals surface area contributed by atoms with Gasteiger partial charge in [-0.2, -0.15) is 5.10 Å². The van der Waals surface area contributed by atoms with E-state index in [0.29, 0.717) is 6.61 Å². The van der Waals surface area contributed by atoms with Crippen LogP contribution in [0.25, 0.3) is 28.0 Å². The molecule has 2 heterocycles. The first-order chi connectivity index (χ1) is 13.2. The van der Waals surface area contributed by atoms with Crippen LogP contribution in [0.4, 0.5) is 0 Å². The van der Waals surface area contributed by atoms with Crippen molar-refractivity contribution in [1.82, 2.24) is 19.7 Å². The molecule has 4 aromatic rings. The summed E-state index contributed by atoms with van der Waals surface area (Å²) >= 11 is 0. The van der Waals surface area contributed by atoms with E-state index in [-0.39, 0.29) is 0 Å². The minimum absolute atomic E-state index is 0.668. The molecule has 5 nitrogen and oxygen atoms in total. The number of hydrogen-bond acceptors (Lipinski definition) is 4. The number of fused-ring (bicyclic) bond motifs is 1. The van der Waals surface area contributed by atoms with Gasteiger partial charge in [0.2, 0.25) is 0 Å². The molecule has 0 spiro atoms. The average molecular weight is 358 g/mol. The quantitative estimate of drug-likeness (QED) is 0.522. The van der Waals surface area contributed by atoms with Gasteiger partial charge in [-0.15, -0.1) is 0 Å². The Balaban J connectivity index is 1.68. The highest BCUT2D eigenvalue weighted by molar-refractivity contribution is 5.92. The Hall–Kier alpha value is -3.18. The van der Waals surface area contributed by atoms with Crippen molar-refractivity contribution in [3.05, 3.63) is 72.9 Å². The number of nitrogens with zero attached hydrogens (tertiary/aromatic N) is 4. The van der Waals surface area contributed by atoms with Crippen LogP contribution in [0.2, 0.25) is 0 Å². The molecule has 0 N–H and O–H groups in total. The number of likely N-dealkylation sites (N-methyl/N-ethyl adjacent to an activating group) is 1. The van der Waals surface area contributed by atoms with Crippen molar-refractivity contribution < 1.29 is 4.74 Å². The fraction of sp³-hybridized carbons (Fsp3) is 0.182. The lowest BCUT2D eigenvalue weighted by molar-refractivity contribution is 0.261. The fourth-order valence-electron chi connectivity index (χ4n) is 2.97. The van der Waals surface area contributed by atoms with Crippen LogP contribution in [0.1, 0.15) is 0 Å². The Kier molecular flexibility index (Phi) is 4.85. The number of para-hydroxylation sites is 1. The summed E-state index contributed by atoms with van der Waals surface area (Å²) in [5.74, 6) is 0.866. The van der Waals surface area contributed by atoms with Gasteiger partial charge >= 0.3 is 0 Å². The highest BCUT2D eigenvalue weighted by Crippen LogP contribution is 2.29. The second-order valence-electron chi connectivity index (χ2n) is 6.65. The summed E-state index contributed by atoms with van der Waals surface area (Å²) in [4.78, 5) is 6.65. The summed E-state index contributed by atoms with van der Waals surface area (Å²) in [6.45, 7) is 1.56. The summed E-state index contributed by atoms with van der Waals surface area (Å²) in [5, 5.41) is 5.88. The molecule has 0 aliphatic heterocycles. The van der Waals surface area contributed by atoms with Crippen molar-refractivity contribution in [2.45, 2.75) is 0 Å². The predicted molar refractivity (Wildman–Crippen MR) is 108 cm³/mol. The van der Waals surface area contributed by atoms with Crippen LogP contribution in [0.3, 0.4) is 0 Å². The van der Waals surface area contributed by atoms with E-state index in [9.17, 15) is 0 Å². The number of ether oxygens (including phenoxy) is 1. The van der Waals surface area contributed by atoms with Crippen LogP contribution in [-0.4, -0.2) is 46.9 Å². The van der Waals surface area contributed by atoms with Crippen molar-refractivity contribution in [2.24, 2.45) is 0 Å². The van der Waals surface area contributed by atoms with Gasteiger partial charge in [0.05, 0.1) is 5.69 Å². The molecule has 0 radical (unpaired) electrons. The Bertz CT molecular complexity index is 1020. The topological polar surface area (TPSA) is 43.2 Å². The minimum atomic E-state index is 0.668. The fourth-order valence-corrected chi connectivity index (χ4v) is 2.97. The predicted octanol–water partition coefficient (Wildman–Crippen LogP) is 4.03. The van der Waals surface area contributed by atoms with Crippen LogP contribution >= 0.6 is 0 Å². The van der Waals surface area contributed by atoms with Gasteiger partial charge in [-0.3, -0.25) is 0 Å². The average Bonchev–Trinajstić information content (AvgIpc) is 3.09. The van der Waals surface area contributed by atoms with E-state index in [1.54, 1.807) is 6.20 Å². The van der Waals surface area contributed by atoms with Crippen molar-refractivity contribution >= 4 is 11.0 Å². The molecule has 4 rings (SSSR count). The number of pyridine rings is 1. The lowest BCUT2D eigenvalue weighted by atomic mass is 10.1. The minimum Gasteiger partial charge on any atom is -0.492 e. The maximum atomic E-state index is 5.79. The smallest absolute Gasteiger partial charge is 0.163 e. The van der Waals surface area contributed by atoms with Crippen LogP contribution in [-0.2, 0) is 0 Å². The van der Waals surface area contributed by atoms with E-state index in [1.165, 1.54) is 0 Å². The molecular formula is C22H22N4O. The third-order valence-corrected chi connectivity index (χ3v) is 4.38. The summed E-state index contributed by atoms with van der Waals surface area (Å²) in [7, 11) is 4.07. The number of hydrogen-bond donors (Lipinski definition) is 0. The van der Waals surface area contributed by atoms with Crippen LogP contribution in [0, 0.1) is 0 Å². The van der Waals surface area contributed by atoms with E-state index >= 15 is 0 Å². The second-order valence-corrected chi connectivity index (χ2v) is 6.65. The molecule has 136 valence electrons. The molecule has 27 heavy (non-hydrogen) atoms. The first-order valence-electron chi connectivity index (χ1n) is 8.99. The van der Waals surface area contributed by atoms with Gasteiger partial charge < -0.3 is 9.64 Å². The van der Waals surface area contributed by atoms with Crippen molar-refractivity contribution in [3.8, 4) is 22.7 Å². The van der Waals surface area contributed by atoms with Crippen molar-refractivity contribution in [3.63, 3.8) is 0 Å². The van der Waals surface area contributed by atoms with Gasteiger partial charge in [-0.05, 0) is 62.6 Å². The van der Waals surface area contributed by atoms with Gasteiger partial charge in [-0.25, -0.2) is 9.67 Å².